The van der Waals surface area contributed by atoms with E-state index in [0.29, 0.717) is 5.02 Å². The van der Waals surface area contributed by atoms with E-state index in [4.69, 9.17) is 11.6 Å². The third-order valence-electron chi connectivity index (χ3n) is 2.87. The molecule has 0 amide bonds. The molecule has 1 aliphatic heterocycles. The fraction of sp³-hybridized carbons (Fsp3) is 0.455. The molecule has 0 saturated carbocycles. The highest BCUT2D eigenvalue weighted by molar-refractivity contribution is 6.30. The molecule has 2 rings (SSSR count). The lowest BCUT2D eigenvalue weighted by molar-refractivity contribution is -0.385. The highest BCUT2D eigenvalue weighted by Crippen LogP contribution is 2.32. The molecule has 0 bridgehead atoms. The minimum absolute atomic E-state index is 0.0893. The normalized spacial score (nSPS) is 20.7. The monoisotopic (exact) mass is 240 g/mol. The lowest BCUT2D eigenvalue weighted by atomic mass is 9.96. The van der Waals surface area contributed by atoms with Crippen LogP contribution in [0.1, 0.15) is 30.9 Å². The molecule has 5 heteroatoms. The van der Waals surface area contributed by atoms with Crippen LogP contribution in [-0.4, -0.2) is 11.5 Å². The van der Waals surface area contributed by atoms with Crippen molar-refractivity contribution in [1.82, 2.24) is 5.32 Å². The van der Waals surface area contributed by atoms with Crippen molar-refractivity contribution in [2.24, 2.45) is 0 Å². The van der Waals surface area contributed by atoms with Crippen molar-refractivity contribution in [3.63, 3.8) is 0 Å². The van der Waals surface area contributed by atoms with Crippen LogP contribution in [0.15, 0.2) is 18.2 Å². The topological polar surface area (TPSA) is 55.2 Å². The van der Waals surface area contributed by atoms with E-state index in [9.17, 15) is 10.1 Å². The average Bonchev–Trinajstić information content (AvgIpc) is 2.30. The van der Waals surface area contributed by atoms with Crippen molar-refractivity contribution in [1.29, 1.82) is 0 Å². The van der Waals surface area contributed by atoms with Gasteiger partial charge in [0, 0.05) is 22.7 Å². The molecule has 0 aromatic heterocycles. The van der Waals surface area contributed by atoms with Gasteiger partial charge in [0.25, 0.3) is 5.69 Å². The highest BCUT2D eigenvalue weighted by atomic mass is 35.5. The van der Waals surface area contributed by atoms with Crippen molar-refractivity contribution >= 4 is 17.3 Å². The summed E-state index contributed by atoms with van der Waals surface area (Å²) in [6.45, 7) is 0.921. The Morgan fingerprint density at radius 1 is 1.44 bits per heavy atom. The maximum atomic E-state index is 10.9. The molecule has 1 fully saturated rings. The minimum Gasteiger partial charge on any atom is -0.310 e. The fourth-order valence-corrected chi connectivity index (χ4v) is 2.25. The Kier molecular flexibility index (Phi) is 3.41. The Labute approximate surface area is 98.8 Å². The number of nitrogens with one attached hydrogen (secondary N) is 1. The Morgan fingerprint density at radius 2 is 2.25 bits per heavy atom. The third kappa shape index (κ3) is 2.33. The third-order valence-corrected chi connectivity index (χ3v) is 3.11. The lowest BCUT2D eigenvalue weighted by Gasteiger charge is -2.23. The van der Waals surface area contributed by atoms with Crippen molar-refractivity contribution in [2.45, 2.75) is 25.3 Å². The van der Waals surface area contributed by atoms with Gasteiger partial charge in [-0.05, 0) is 31.5 Å². The first-order chi connectivity index (χ1) is 7.68. The summed E-state index contributed by atoms with van der Waals surface area (Å²) in [4.78, 5) is 10.6. The van der Waals surface area contributed by atoms with E-state index in [1.807, 2.05) is 0 Å². The number of piperidine rings is 1. The van der Waals surface area contributed by atoms with Crippen LogP contribution in [0.3, 0.4) is 0 Å². The summed E-state index contributed by atoms with van der Waals surface area (Å²) < 4.78 is 0. The Balaban J connectivity index is 2.34. The number of nitro benzene ring substituents is 1. The Morgan fingerprint density at radius 3 is 2.88 bits per heavy atom. The Hall–Kier alpha value is -1.13. The maximum absolute atomic E-state index is 10.9. The first-order valence-corrected chi connectivity index (χ1v) is 5.73. The predicted octanol–water partition coefficient (Wildman–Crippen LogP) is 3.06. The number of rotatable bonds is 2. The van der Waals surface area contributed by atoms with E-state index in [1.165, 1.54) is 6.07 Å². The summed E-state index contributed by atoms with van der Waals surface area (Å²) in [5.74, 6) is 0. The number of nitro groups is 1. The van der Waals surface area contributed by atoms with Crippen molar-refractivity contribution in [2.75, 3.05) is 6.54 Å². The highest BCUT2D eigenvalue weighted by Gasteiger charge is 2.23. The van der Waals surface area contributed by atoms with E-state index in [-0.39, 0.29) is 16.7 Å². The second-order valence-corrected chi connectivity index (χ2v) is 4.40. The number of nitrogens with zero attached hydrogens (tertiary/aromatic N) is 1. The van der Waals surface area contributed by atoms with Crippen molar-refractivity contribution in [3.8, 4) is 0 Å². The van der Waals surface area contributed by atoms with Gasteiger partial charge in [-0.3, -0.25) is 10.1 Å². The summed E-state index contributed by atoms with van der Waals surface area (Å²) in [6.07, 6.45) is 3.19. The van der Waals surface area contributed by atoms with Crippen LogP contribution in [0, 0.1) is 10.1 Å². The number of halogens is 1. The lowest BCUT2D eigenvalue weighted by Crippen LogP contribution is -2.27. The van der Waals surface area contributed by atoms with Crippen molar-refractivity contribution in [3.05, 3.63) is 38.9 Å². The van der Waals surface area contributed by atoms with E-state index in [1.54, 1.807) is 12.1 Å². The number of hydrogen-bond acceptors (Lipinski definition) is 3. The van der Waals surface area contributed by atoms with E-state index in [0.717, 1.165) is 31.4 Å². The molecular weight excluding hydrogens is 228 g/mol. The van der Waals surface area contributed by atoms with Gasteiger partial charge in [0.2, 0.25) is 0 Å². The van der Waals surface area contributed by atoms with Gasteiger partial charge >= 0.3 is 0 Å². The molecule has 1 N–H and O–H groups in total. The molecule has 86 valence electrons. The standard InChI is InChI=1S/C11H13ClN2O2/c12-8-4-5-9(11(7-8)14(15)16)10-3-1-2-6-13-10/h4-5,7,10,13H,1-3,6H2. The molecule has 1 saturated heterocycles. The summed E-state index contributed by atoms with van der Waals surface area (Å²) >= 11 is 5.77. The van der Waals surface area contributed by atoms with Gasteiger partial charge in [-0.1, -0.05) is 18.0 Å². The van der Waals surface area contributed by atoms with Gasteiger partial charge in [-0.15, -0.1) is 0 Å². The van der Waals surface area contributed by atoms with Crippen LogP contribution >= 0.6 is 11.6 Å². The summed E-state index contributed by atoms with van der Waals surface area (Å²) in [6, 6.07) is 4.97. The molecule has 16 heavy (non-hydrogen) atoms. The van der Waals surface area contributed by atoms with Gasteiger partial charge in [-0.2, -0.15) is 0 Å². The van der Waals surface area contributed by atoms with Gasteiger partial charge in [0.1, 0.15) is 0 Å². The summed E-state index contributed by atoms with van der Waals surface area (Å²) in [7, 11) is 0. The smallest absolute Gasteiger partial charge is 0.275 e. The molecule has 1 aliphatic rings. The van der Waals surface area contributed by atoms with Gasteiger partial charge in [0.15, 0.2) is 0 Å². The summed E-state index contributed by atoms with van der Waals surface area (Å²) in [5, 5.41) is 14.6. The fourth-order valence-electron chi connectivity index (χ4n) is 2.09. The van der Waals surface area contributed by atoms with E-state index < -0.39 is 0 Å². The summed E-state index contributed by atoms with van der Waals surface area (Å²) in [5.41, 5.74) is 0.862. The van der Waals surface area contributed by atoms with Gasteiger partial charge in [0.05, 0.1) is 4.92 Å². The van der Waals surface area contributed by atoms with E-state index >= 15 is 0 Å². The van der Waals surface area contributed by atoms with Gasteiger partial charge in [-0.25, -0.2) is 0 Å². The SMILES string of the molecule is O=[N+]([O-])c1cc(Cl)ccc1C1CCCCN1. The van der Waals surface area contributed by atoms with Crippen LogP contribution in [0.25, 0.3) is 0 Å². The quantitative estimate of drug-likeness (QED) is 0.639. The van der Waals surface area contributed by atoms with Crippen LogP contribution in [0.5, 0.6) is 0 Å². The van der Waals surface area contributed by atoms with Crippen LogP contribution in [-0.2, 0) is 0 Å². The molecule has 0 radical (unpaired) electrons. The molecule has 1 aromatic carbocycles. The van der Waals surface area contributed by atoms with Crippen LogP contribution < -0.4 is 5.32 Å². The largest absolute Gasteiger partial charge is 0.310 e. The zero-order valence-corrected chi connectivity index (χ0v) is 9.54. The van der Waals surface area contributed by atoms with E-state index in [2.05, 4.69) is 5.32 Å². The second kappa shape index (κ2) is 4.80. The zero-order chi connectivity index (χ0) is 11.5. The second-order valence-electron chi connectivity index (χ2n) is 3.96. The van der Waals surface area contributed by atoms with Crippen LogP contribution in [0.2, 0.25) is 5.02 Å². The van der Waals surface area contributed by atoms with Crippen molar-refractivity contribution < 1.29 is 4.92 Å². The predicted molar refractivity (Wildman–Crippen MR) is 62.7 cm³/mol. The zero-order valence-electron chi connectivity index (χ0n) is 8.78. The molecule has 1 atom stereocenters. The molecule has 1 heterocycles. The molecule has 0 spiro atoms. The molecule has 4 nitrogen and oxygen atoms in total. The average molecular weight is 241 g/mol. The molecule has 1 unspecified atom stereocenters. The van der Waals surface area contributed by atoms with Gasteiger partial charge < -0.3 is 5.32 Å². The van der Waals surface area contributed by atoms with Crippen LogP contribution in [0.4, 0.5) is 5.69 Å². The Bertz CT molecular complexity index is 403. The minimum atomic E-state index is -0.364. The first kappa shape index (κ1) is 11.4. The molecule has 1 aromatic rings. The molecule has 0 aliphatic carbocycles. The molecular formula is C11H13ClN2O2. The first-order valence-electron chi connectivity index (χ1n) is 5.35. The number of hydrogen-bond donors (Lipinski definition) is 1. The number of benzene rings is 1. The maximum Gasteiger partial charge on any atom is 0.275 e.